The summed E-state index contributed by atoms with van der Waals surface area (Å²) in [5, 5.41) is 3.61. The molecule has 4 rings (SSSR count). The Morgan fingerprint density at radius 3 is 2.53 bits per heavy atom. The van der Waals surface area contributed by atoms with Crippen molar-refractivity contribution in [2.45, 2.75) is 13.0 Å². The molecule has 4 aromatic rings. The molecule has 2 amide bonds. The molecule has 162 valence electrons. The maximum atomic E-state index is 12.7. The number of halogens is 1. The van der Waals surface area contributed by atoms with Crippen molar-refractivity contribution in [2.24, 2.45) is 5.73 Å². The molecule has 0 saturated heterocycles. The summed E-state index contributed by atoms with van der Waals surface area (Å²) >= 11 is 7.38. The summed E-state index contributed by atoms with van der Waals surface area (Å²) in [5.74, 6) is -0.0155. The minimum Gasteiger partial charge on any atom is -0.484 e. The Labute approximate surface area is 193 Å². The number of furan rings is 1. The zero-order valence-corrected chi connectivity index (χ0v) is 18.4. The lowest BCUT2D eigenvalue weighted by Crippen LogP contribution is -2.16. The van der Waals surface area contributed by atoms with E-state index in [1.165, 1.54) is 11.3 Å². The van der Waals surface area contributed by atoms with Gasteiger partial charge in [-0.25, -0.2) is 0 Å². The Kier molecular flexibility index (Phi) is 6.58. The maximum Gasteiger partial charge on any atom is 0.291 e. The van der Waals surface area contributed by atoms with Crippen molar-refractivity contribution in [1.82, 2.24) is 0 Å². The SMILES string of the molecule is NC(=O)c1cc(Cc2ccccc2)sc1NC(=O)c1ccc(COc2ccccc2Cl)o1. The summed E-state index contributed by atoms with van der Waals surface area (Å²) < 4.78 is 11.2. The van der Waals surface area contributed by atoms with Crippen LogP contribution < -0.4 is 15.8 Å². The zero-order chi connectivity index (χ0) is 22.5. The van der Waals surface area contributed by atoms with Gasteiger partial charge in [-0.3, -0.25) is 9.59 Å². The quantitative estimate of drug-likeness (QED) is 0.357. The van der Waals surface area contributed by atoms with Crippen LogP contribution in [0, 0.1) is 0 Å². The summed E-state index contributed by atoms with van der Waals surface area (Å²) in [6.45, 7) is 0.115. The number of ether oxygens (including phenoxy) is 1. The van der Waals surface area contributed by atoms with Gasteiger partial charge < -0.3 is 20.2 Å². The minimum absolute atomic E-state index is 0.0937. The molecule has 6 nitrogen and oxygen atoms in total. The Hall–Kier alpha value is -3.55. The summed E-state index contributed by atoms with van der Waals surface area (Å²) in [5.41, 5.74) is 6.87. The monoisotopic (exact) mass is 466 g/mol. The first-order valence-corrected chi connectivity index (χ1v) is 10.9. The normalized spacial score (nSPS) is 10.7. The second-order valence-electron chi connectivity index (χ2n) is 6.92. The second kappa shape index (κ2) is 9.72. The van der Waals surface area contributed by atoms with Gasteiger partial charge in [-0.05, 0) is 35.9 Å². The molecule has 3 N–H and O–H groups in total. The van der Waals surface area contributed by atoms with Gasteiger partial charge in [0.15, 0.2) is 5.76 Å². The van der Waals surface area contributed by atoms with Crippen LogP contribution in [0.25, 0.3) is 0 Å². The highest BCUT2D eigenvalue weighted by Crippen LogP contribution is 2.30. The van der Waals surface area contributed by atoms with Gasteiger partial charge in [-0.1, -0.05) is 54.1 Å². The van der Waals surface area contributed by atoms with Gasteiger partial charge in [-0.15, -0.1) is 11.3 Å². The number of hydrogen-bond donors (Lipinski definition) is 2. The van der Waals surface area contributed by atoms with Crippen LogP contribution in [-0.2, 0) is 13.0 Å². The van der Waals surface area contributed by atoms with E-state index in [0.29, 0.717) is 28.0 Å². The van der Waals surface area contributed by atoms with Crippen molar-refractivity contribution in [3.8, 4) is 5.75 Å². The molecule has 0 aliphatic carbocycles. The Bertz CT molecular complexity index is 1250. The third-order valence-electron chi connectivity index (χ3n) is 4.59. The summed E-state index contributed by atoms with van der Waals surface area (Å²) in [6, 6.07) is 21.8. The molecular weight excluding hydrogens is 448 g/mol. The predicted octanol–water partition coefficient (Wildman–Crippen LogP) is 5.52. The highest BCUT2D eigenvalue weighted by Gasteiger charge is 2.19. The first-order chi connectivity index (χ1) is 15.5. The molecule has 2 aromatic carbocycles. The second-order valence-corrected chi connectivity index (χ2v) is 8.47. The number of hydrogen-bond acceptors (Lipinski definition) is 5. The van der Waals surface area contributed by atoms with Gasteiger partial charge in [0.1, 0.15) is 23.1 Å². The summed E-state index contributed by atoms with van der Waals surface area (Å²) in [6.07, 6.45) is 0.631. The Morgan fingerprint density at radius 1 is 1.03 bits per heavy atom. The molecular formula is C24H19ClN2O4S. The average Bonchev–Trinajstić information content (AvgIpc) is 3.41. The molecule has 0 saturated carbocycles. The van der Waals surface area contributed by atoms with Gasteiger partial charge in [0.25, 0.3) is 11.8 Å². The van der Waals surface area contributed by atoms with Gasteiger partial charge in [0.05, 0.1) is 10.6 Å². The average molecular weight is 467 g/mol. The number of thiophene rings is 1. The summed E-state index contributed by atoms with van der Waals surface area (Å²) in [7, 11) is 0. The minimum atomic E-state index is -0.607. The standard InChI is InChI=1S/C24H19ClN2O4S/c25-19-8-4-5-9-20(19)30-14-16-10-11-21(31-16)23(29)27-24-18(22(26)28)13-17(32-24)12-15-6-2-1-3-7-15/h1-11,13H,12,14H2,(H2,26,28)(H,27,29). The van der Waals surface area contributed by atoms with Crippen molar-refractivity contribution in [3.63, 3.8) is 0 Å². The number of para-hydroxylation sites is 1. The molecule has 0 aliphatic rings. The molecule has 0 radical (unpaired) electrons. The Morgan fingerprint density at radius 2 is 1.78 bits per heavy atom. The highest BCUT2D eigenvalue weighted by atomic mass is 35.5. The lowest BCUT2D eigenvalue weighted by molar-refractivity contribution is 0.0993. The fourth-order valence-corrected chi connectivity index (χ4v) is 4.34. The van der Waals surface area contributed by atoms with Crippen LogP contribution in [-0.4, -0.2) is 11.8 Å². The number of carbonyl (C=O) groups is 2. The highest BCUT2D eigenvalue weighted by molar-refractivity contribution is 7.16. The van der Waals surface area contributed by atoms with Crippen molar-refractivity contribution in [1.29, 1.82) is 0 Å². The molecule has 32 heavy (non-hydrogen) atoms. The van der Waals surface area contributed by atoms with E-state index in [1.807, 2.05) is 36.4 Å². The van der Waals surface area contributed by atoms with E-state index in [1.54, 1.807) is 36.4 Å². The number of nitrogens with two attached hydrogens (primary N) is 1. The van der Waals surface area contributed by atoms with Gasteiger partial charge in [0.2, 0.25) is 0 Å². The fourth-order valence-electron chi connectivity index (χ4n) is 3.06. The third kappa shape index (κ3) is 5.19. The molecule has 8 heteroatoms. The number of primary amides is 1. The van der Waals surface area contributed by atoms with E-state index in [2.05, 4.69) is 5.32 Å². The molecule has 0 atom stereocenters. The molecule has 0 unspecified atom stereocenters. The van der Waals surface area contributed by atoms with Gasteiger partial charge >= 0.3 is 0 Å². The lowest BCUT2D eigenvalue weighted by atomic mass is 10.1. The molecule has 0 fully saturated rings. The maximum absolute atomic E-state index is 12.7. The molecule has 2 aromatic heterocycles. The van der Waals surface area contributed by atoms with E-state index in [4.69, 9.17) is 26.5 Å². The van der Waals surface area contributed by atoms with E-state index in [-0.39, 0.29) is 17.9 Å². The number of carbonyl (C=O) groups excluding carboxylic acids is 2. The van der Waals surface area contributed by atoms with Crippen molar-refractivity contribution < 1.29 is 18.7 Å². The number of nitrogens with one attached hydrogen (secondary N) is 1. The van der Waals surface area contributed by atoms with Crippen LogP contribution in [0.15, 0.2) is 77.2 Å². The number of rotatable bonds is 8. The van der Waals surface area contributed by atoms with Crippen LogP contribution in [0.4, 0.5) is 5.00 Å². The first-order valence-electron chi connectivity index (χ1n) is 9.73. The van der Waals surface area contributed by atoms with Gasteiger partial charge in [-0.2, -0.15) is 0 Å². The van der Waals surface area contributed by atoms with Crippen LogP contribution in [0.5, 0.6) is 5.75 Å². The fraction of sp³-hybridized carbons (Fsp3) is 0.0833. The number of anilines is 1. The van der Waals surface area contributed by atoms with E-state index in [0.717, 1.165) is 10.4 Å². The number of benzene rings is 2. The first kappa shape index (κ1) is 21.7. The topological polar surface area (TPSA) is 94.6 Å². The van der Waals surface area contributed by atoms with Crippen LogP contribution in [0.1, 0.15) is 37.1 Å². The number of amides is 2. The van der Waals surface area contributed by atoms with Crippen molar-refractivity contribution >= 4 is 39.8 Å². The molecule has 0 spiro atoms. The van der Waals surface area contributed by atoms with Gasteiger partial charge in [0, 0.05) is 11.3 Å². The van der Waals surface area contributed by atoms with Crippen molar-refractivity contribution in [3.05, 3.63) is 105 Å². The zero-order valence-electron chi connectivity index (χ0n) is 16.8. The third-order valence-corrected chi connectivity index (χ3v) is 5.95. The smallest absolute Gasteiger partial charge is 0.291 e. The molecule has 2 heterocycles. The Balaban J connectivity index is 1.44. The predicted molar refractivity (Wildman–Crippen MR) is 125 cm³/mol. The largest absolute Gasteiger partial charge is 0.484 e. The van der Waals surface area contributed by atoms with Crippen LogP contribution in [0.2, 0.25) is 5.02 Å². The lowest BCUT2D eigenvalue weighted by Gasteiger charge is -2.05. The van der Waals surface area contributed by atoms with E-state index < -0.39 is 11.8 Å². The van der Waals surface area contributed by atoms with Crippen molar-refractivity contribution in [2.75, 3.05) is 5.32 Å². The molecule has 0 aliphatic heterocycles. The van der Waals surface area contributed by atoms with E-state index in [9.17, 15) is 9.59 Å². The van der Waals surface area contributed by atoms with Crippen LogP contribution >= 0.6 is 22.9 Å². The van der Waals surface area contributed by atoms with Crippen LogP contribution in [0.3, 0.4) is 0 Å². The summed E-state index contributed by atoms with van der Waals surface area (Å²) in [4.78, 5) is 25.5. The van der Waals surface area contributed by atoms with E-state index >= 15 is 0 Å². The molecule has 0 bridgehead atoms.